The van der Waals surface area contributed by atoms with Gasteiger partial charge in [-0.15, -0.1) is 0 Å². The van der Waals surface area contributed by atoms with Crippen molar-refractivity contribution in [1.29, 1.82) is 0 Å². The molecule has 1 fully saturated rings. The van der Waals surface area contributed by atoms with E-state index in [1.807, 2.05) is 0 Å². The summed E-state index contributed by atoms with van der Waals surface area (Å²) < 4.78 is 31.1. The van der Waals surface area contributed by atoms with E-state index >= 15 is 0 Å². The Morgan fingerprint density at radius 1 is 1.25 bits per heavy atom. The van der Waals surface area contributed by atoms with Crippen LogP contribution in [0.3, 0.4) is 0 Å². The molecule has 6 nitrogen and oxygen atoms in total. The molecule has 0 bridgehead atoms. The van der Waals surface area contributed by atoms with Crippen LogP contribution in [-0.2, 0) is 14.8 Å². The van der Waals surface area contributed by atoms with Gasteiger partial charge in [-0.25, -0.2) is 8.42 Å². The predicted octanol–water partition coefficient (Wildman–Crippen LogP) is 0.378. The average Bonchev–Trinajstić information content (AvgIpc) is 2.39. The molecule has 1 aliphatic rings. The summed E-state index contributed by atoms with van der Waals surface area (Å²) in [6.45, 7) is 0.916. The standard InChI is InChI=1S/C11H11Cl2NO5S/c12-7-1-2-8(10(13)9(7)11(15)16)20(17,18)14-3-5-19-6-4-14/h1-2H,3-6H2,(H,15,16)/p-1. The van der Waals surface area contributed by atoms with Crippen molar-refractivity contribution in [3.63, 3.8) is 0 Å². The number of carbonyl (C=O) groups excluding carboxylic acids is 1. The summed E-state index contributed by atoms with van der Waals surface area (Å²) in [6, 6.07) is 2.35. The third-order valence-corrected chi connectivity index (χ3v) is 5.61. The number of carboxylic acids is 1. The zero-order valence-electron chi connectivity index (χ0n) is 10.1. The monoisotopic (exact) mass is 338 g/mol. The maximum atomic E-state index is 12.4. The Hall–Kier alpha value is -0.860. The van der Waals surface area contributed by atoms with Gasteiger partial charge in [-0.2, -0.15) is 4.31 Å². The molecule has 1 aliphatic heterocycles. The van der Waals surface area contributed by atoms with Gasteiger partial charge in [0.05, 0.1) is 29.2 Å². The van der Waals surface area contributed by atoms with Crippen LogP contribution in [0.1, 0.15) is 10.4 Å². The lowest BCUT2D eigenvalue weighted by atomic mass is 10.2. The van der Waals surface area contributed by atoms with Gasteiger partial charge in [-0.1, -0.05) is 23.2 Å². The average molecular weight is 339 g/mol. The van der Waals surface area contributed by atoms with Gasteiger partial charge in [-0.3, -0.25) is 0 Å². The molecule has 0 spiro atoms. The van der Waals surface area contributed by atoms with Crippen LogP contribution in [0.4, 0.5) is 0 Å². The Morgan fingerprint density at radius 2 is 1.85 bits per heavy atom. The molecule has 0 aromatic heterocycles. The van der Waals surface area contributed by atoms with Gasteiger partial charge < -0.3 is 14.6 Å². The number of sulfonamides is 1. The highest BCUT2D eigenvalue weighted by Crippen LogP contribution is 2.32. The molecular formula is C11H10Cl2NO5S-. The predicted molar refractivity (Wildman–Crippen MR) is 70.4 cm³/mol. The quantitative estimate of drug-likeness (QED) is 0.795. The third-order valence-electron chi connectivity index (χ3n) is 2.85. The third kappa shape index (κ3) is 2.77. The minimum Gasteiger partial charge on any atom is -0.545 e. The van der Waals surface area contributed by atoms with E-state index < -0.39 is 26.6 Å². The van der Waals surface area contributed by atoms with Gasteiger partial charge in [-0.05, 0) is 12.1 Å². The van der Waals surface area contributed by atoms with Crippen molar-refractivity contribution in [1.82, 2.24) is 4.31 Å². The second-order valence-corrected chi connectivity index (χ2v) is 6.73. The van der Waals surface area contributed by atoms with E-state index in [4.69, 9.17) is 27.9 Å². The molecule has 0 atom stereocenters. The van der Waals surface area contributed by atoms with Gasteiger partial charge in [0, 0.05) is 18.7 Å². The van der Waals surface area contributed by atoms with Gasteiger partial charge in [0.1, 0.15) is 4.90 Å². The summed E-state index contributed by atoms with van der Waals surface area (Å²) in [7, 11) is -3.89. The van der Waals surface area contributed by atoms with E-state index in [9.17, 15) is 18.3 Å². The molecule has 9 heteroatoms. The number of ether oxygens (including phenoxy) is 1. The zero-order valence-corrected chi connectivity index (χ0v) is 12.5. The van der Waals surface area contributed by atoms with Crippen LogP contribution in [0.2, 0.25) is 10.0 Å². The highest BCUT2D eigenvalue weighted by Gasteiger charge is 2.29. The van der Waals surface area contributed by atoms with E-state index in [0.717, 1.165) is 0 Å². The van der Waals surface area contributed by atoms with Crippen LogP contribution in [0.5, 0.6) is 0 Å². The molecule has 0 radical (unpaired) electrons. The molecule has 1 saturated heterocycles. The lowest BCUT2D eigenvalue weighted by Crippen LogP contribution is -2.40. The van der Waals surface area contributed by atoms with Crippen molar-refractivity contribution in [3.8, 4) is 0 Å². The Balaban J connectivity index is 2.52. The van der Waals surface area contributed by atoms with Crippen LogP contribution >= 0.6 is 23.2 Å². The largest absolute Gasteiger partial charge is 0.545 e. The first-order valence-electron chi connectivity index (χ1n) is 5.63. The summed E-state index contributed by atoms with van der Waals surface area (Å²) >= 11 is 11.6. The number of aromatic carboxylic acids is 1. The lowest BCUT2D eigenvalue weighted by Gasteiger charge is -2.26. The molecule has 1 heterocycles. The number of carbonyl (C=O) groups is 1. The molecular weight excluding hydrogens is 329 g/mol. The molecule has 0 N–H and O–H groups in total. The van der Waals surface area contributed by atoms with Crippen LogP contribution in [0, 0.1) is 0 Å². The topological polar surface area (TPSA) is 86.7 Å². The molecule has 110 valence electrons. The number of hydrogen-bond acceptors (Lipinski definition) is 5. The molecule has 0 aliphatic carbocycles. The number of carboxylic acid groups (broad SMARTS) is 1. The SMILES string of the molecule is O=C([O-])c1c(Cl)ccc(S(=O)(=O)N2CCOCC2)c1Cl. The smallest absolute Gasteiger partial charge is 0.244 e. The van der Waals surface area contributed by atoms with Gasteiger partial charge >= 0.3 is 0 Å². The van der Waals surface area contributed by atoms with E-state index in [1.54, 1.807) is 0 Å². The minimum atomic E-state index is -3.89. The van der Waals surface area contributed by atoms with E-state index in [1.165, 1.54) is 16.4 Å². The Morgan fingerprint density at radius 3 is 2.40 bits per heavy atom. The number of nitrogens with zero attached hydrogens (tertiary/aromatic N) is 1. The lowest BCUT2D eigenvalue weighted by molar-refractivity contribution is -0.255. The molecule has 20 heavy (non-hydrogen) atoms. The van der Waals surface area contributed by atoms with Crippen LogP contribution in [0.25, 0.3) is 0 Å². The van der Waals surface area contributed by atoms with Gasteiger partial charge in [0.2, 0.25) is 10.0 Å². The molecule has 0 amide bonds. The van der Waals surface area contributed by atoms with Gasteiger partial charge in [0.15, 0.2) is 0 Å². The maximum absolute atomic E-state index is 12.4. The van der Waals surface area contributed by atoms with Crippen molar-refractivity contribution in [3.05, 3.63) is 27.7 Å². The minimum absolute atomic E-state index is 0.170. The first-order valence-corrected chi connectivity index (χ1v) is 7.82. The van der Waals surface area contributed by atoms with Crippen LogP contribution < -0.4 is 5.11 Å². The number of morpholine rings is 1. The second-order valence-electron chi connectivity index (χ2n) is 4.04. The van der Waals surface area contributed by atoms with Crippen molar-refractivity contribution in [2.45, 2.75) is 4.90 Å². The first-order chi connectivity index (χ1) is 9.35. The first kappa shape index (κ1) is 15.5. The molecule has 0 unspecified atom stereocenters. The highest BCUT2D eigenvalue weighted by atomic mass is 35.5. The fraction of sp³-hybridized carbons (Fsp3) is 0.364. The summed E-state index contributed by atoms with van der Waals surface area (Å²) in [5.41, 5.74) is -0.525. The summed E-state index contributed by atoms with van der Waals surface area (Å²) in [5.74, 6) is -1.63. The van der Waals surface area contributed by atoms with Gasteiger partial charge in [0.25, 0.3) is 0 Å². The zero-order chi connectivity index (χ0) is 14.9. The molecule has 2 rings (SSSR count). The van der Waals surface area contributed by atoms with E-state index in [-0.39, 0.29) is 36.2 Å². The molecule has 0 saturated carbocycles. The fourth-order valence-corrected chi connectivity index (χ4v) is 4.14. The Bertz CT molecular complexity index is 640. The molecule has 1 aromatic rings. The number of hydrogen-bond donors (Lipinski definition) is 0. The second kappa shape index (κ2) is 5.87. The van der Waals surface area contributed by atoms with Crippen molar-refractivity contribution >= 4 is 39.2 Å². The van der Waals surface area contributed by atoms with Crippen LogP contribution in [0.15, 0.2) is 17.0 Å². The normalized spacial score (nSPS) is 17.1. The van der Waals surface area contributed by atoms with E-state index in [0.29, 0.717) is 0 Å². The highest BCUT2D eigenvalue weighted by molar-refractivity contribution is 7.89. The Kier molecular flexibility index (Phi) is 4.55. The van der Waals surface area contributed by atoms with Crippen molar-refractivity contribution in [2.24, 2.45) is 0 Å². The maximum Gasteiger partial charge on any atom is 0.244 e. The summed E-state index contributed by atoms with van der Waals surface area (Å²) in [6.07, 6.45) is 0. The van der Waals surface area contributed by atoms with Crippen molar-refractivity contribution < 1.29 is 23.1 Å². The fourth-order valence-electron chi connectivity index (χ4n) is 1.85. The van der Waals surface area contributed by atoms with Crippen LogP contribution in [-0.4, -0.2) is 45.0 Å². The summed E-state index contributed by atoms with van der Waals surface area (Å²) in [4.78, 5) is 10.7. The molecule has 1 aromatic carbocycles. The van der Waals surface area contributed by atoms with E-state index in [2.05, 4.69) is 0 Å². The number of benzene rings is 1. The van der Waals surface area contributed by atoms with Crippen molar-refractivity contribution in [2.75, 3.05) is 26.3 Å². The summed E-state index contributed by atoms with van der Waals surface area (Å²) in [5, 5.41) is 10.4. The Labute approximate surface area is 125 Å². The number of rotatable bonds is 3. The number of halogens is 2.